The van der Waals surface area contributed by atoms with Gasteiger partial charge in [0.05, 0.1) is 5.52 Å². The Morgan fingerprint density at radius 1 is 1.08 bits per heavy atom. The number of amides is 1. The zero-order chi connectivity index (χ0) is 17.2. The van der Waals surface area contributed by atoms with Crippen LogP contribution in [0.3, 0.4) is 0 Å². The third-order valence-corrected chi connectivity index (χ3v) is 5.43. The van der Waals surface area contributed by atoms with Crippen LogP contribution in [-0.4, -0.2) is 41.1 Å². The van der Waals surface area contributed by atoms with Gasteiger partial charge in [0.2, 0.25) is 5.91 Å². The highest BCUT2D eigenvalue weighted by atomic mass is 35.5. The van der Waals surface area contributed by atoms with E-state index in [-0.39, 0.29) is 23.7 Å². The van der Waals surface area contributed by atoms with Gasteiger partial charge in [0, 0.05) is 36.8 Å². The second-order valence-electron chi connectivity index (χ2n) is 7.33. The monoisotopic (exact) mass is 375 g/mol. The maximum Gasteiger partial charge on any atom is 0.242 e. The number of pyridine rings is 1. The summed E-state index contributed by atoms with van der Waals surface area (Å²) in [6, 6.07) is 9.57. The van der Waals surface area contributed by atoms with Gasteiger partial charge in [-0.1, -0.05) is 12.1 Å². The first-order valence-corrected chi connectivity index (χ1v) is 9.30. The van der Waals surface area contributed by atoms with E-state index in [2.05, 4.69) is 5.32 Å². The van der Waals surface area contributed by atoms with Crippen molar-refractivity contribution in [1.29, 1.82) is 0 Å². The molecule has 1 N–H and O–H groups in total. The summed E-state index contributed by atoms with van der Waals surface area (Å²) in [5.41, 5.74) is 0.825. The second-order valence-corrected chi connectivity index (χ2v) is 7.33. The van der Waals surface area contributed by atoms with E-state index in [1.54, 1.807) is 12.3 Å². The fourth-order valence-electron chi connectivity index (χ4n) is 3.63. The van der Waals surface area contributed by atoms with Gasteiger partial charge in [0.25, 0.3) is 0 Å². The number of benzene rings is 1. The van der Waals surface area contributed by atoms with E-state index in [0.29, 0.717) is 18.0 Å². The summed E-state index contributed by atoms with van der Waals surface area (Å²) in [7, 11) is 0. The molecule has 5 nitrogen and oxygen atoms in total. The third-order valence-electron chi connectivity index (χ3n) is 5.43. The van der Waals surface area contributed by atoms with Gasteiger partial charge >= 0.3 is 0 Å². The van der Waals surface area contributed by atoms with Gasteiger partial charge in [0.15, 0.2) is 5.43 Å². The summed E-state index contributed by atoms with van der Waals surface area (Å²) in [5.74, 6) is 1.03. The summed E-state index contributed by atoms with van der Waals surface area (Å²) in [6.07, 6.45) is 6.54. The van der Waals surface area contributed by atoms with E-state index in [1.165, 1.54) is 12.8 Å². The molecule has 4 rings (SSSR count). The van der Waals surface area contributed by atoms with Crippen molar-refractivity contribution in [2.24, 2.45) is 5.92 Å². The number of hydrogen-bond acceptors (Lipinski definition) is 3. The molecule has 1 saturated carbocycles. The van der Waals surface area contributed by atoms with Crippen LogP contribution in [0.15, 0.2) is 41.3 Å². The minimum atomic E-state index is 0. The number of rotatable bonds is 5. The quantitative estimate of drug-likeness (QED) is 0.873. The Labute approximate surface area is 159 Å². The highest BCUT2D eigenvalue weighted by molar-refractivity contribution is 5.85. The maximum absolute atomic E-state index is 12.7. The van der Waals surface area contributed by atoms with Crippen LogP contribution in [0.5, 0.6) is 0 Å². The lowest BCUT2D eigenvalue weighted by Gasteiger charge is -2.33. The number of nitrogens with one attached hydrogen (secondary N) is 1. The average Bonchev–Trinajstić information content (AvgIpc) is 3.47. The predicted molar refractivity (Wildman–Crippen MR) is 106 cm³/mol. The van der Waals surface area contributed by atoms with Gasteiger partial charge in [-0.05, 0) is 50.3 Å². The third kappa shape index (κ3) is 4.27. The molecule has 140 valence electrons. The summed E-state index contributed by atoms with van der Waals surface area (Å²) >= 11 is 0. The van der Waals surface area contributed by atoms with Gasteiger partial charge in [-0.2, -0.15) is 0 Å². The summed E-state index contributed by atoms with van der Waals surface area (Å²) in [5, 5.41) is 4.31. The molecule has 1 aliphatic heterocycles. The van der Waals surface area contributed by atoms with E-state index in [0.717, 1.165) is 43.9 Å². The first kappa shape index (κ1) is 18.9. The molecule has 0 atom stereocenters. The van der Waals surface area contributed by atoms with Crippen molar-refractivity contribution in [1.82, 2.24) is 14.8 Å². The number of nitrogens with zero attached hydrogens (tertiary/aromatic N) is 2. The van der Waals surface area contributed by atoms with Crippen molar-refractivity contribution >= 4 is 29.2 Å². The number of likely N-dealkylation sites (tertiary alicyclic amines) is 1. The van der Waals surface area contributed by atoms with Gasteiger partial charge < -0.3 is 14.8 Å². The standard InChI is InChI=1S/C20H25N3O2.ClH/c24-19-9-12-23(18-4-2-1-3-17(18)19)14-20(25)22-10-7-16(8-11-22)21-13-15-5-6-15;/h1-4,9,12,15-16,21H,5-8,10-11,13-14H2;1H. The number of fused-ring (bicyclic) bond motifs is 1. The minimum Gasteiger partial charge on any atom is -0.341 e. The number of hydrogen-bond donors (Lipinski definition) is 1. The molecule has 26 heavy (non-hydrogen) atoms. The molecule has 0 unspecified atom stereocenters. The lowest BCUT2D eigenvalue weighted by Crippen LogP contribution is -2.46. The molecule has 2 aromatic rings. The Hall–Kier alpha value is -1.85. The fourth-order valence-corrected chi connectivity index (χ4v) is 3.63. The summed E-state index contributed by atoms with van der Waals surface area (Å²) in [6.45, 7) is 3.07. The highest BCUT2D eigenvalue weighted by Gasteiger charge is 2.26. The van der Waals surface area contributed by atoms with Crippen LogP contribution < -0.4 is 10.7 Å². The summed E-state index contributed by atoms with van der Waals surface area (Å²) < 4.78 is 1.89. The van der Waals surface area contributed by atoms with Crippen molar-refractivity contribution in [2.45, 2.75) is 38.3 Å². The number of piperidine rings is 1. The minimum absolute atomic E-state index is 0. The predicted octanol–water partition coefficient (Wildman–Crippen LogP) is 2.41. The maximum atomic E-state index is 12.7. The van der Waals surface area contributed by atoms with Crippen LogP contribution in [0.2, 0.25) is 0 Å². The van der Waals surface area contributed by atoms with Gasteiger partial charge in [0.1, 0.15) is 6.54 Å². The van der Waals surface area contributed by atoms with Crippen molar-refractivity contribution in [3.8, 4) is 0 Å². The first-order valence-electron chi connectivity index (χ1n) is 9.30. The largest absolute Gasteiger partial charge is 0.341 e. The Balaban J connectivity index is 0.00000196. The van der Waals surface area contributed by atoms with Crippen LogP contribution in [0.4, 0.5) is 0 Å². The molecular formula is C20H26ClN3O2. The van der Waals surface area contributed by atoms with Crippen LogP contribution in [0.1, 0.15) is 25.7 Å². The summed E-state index contributed by atoms with van der Waals surface area (Å²) in [4.78, 5) is 26.6. The van der Waals surface area contributed by atoms with Gasteiger partial charge in [-0.25, -0.2) is 0 Å². The fraction of sp³-hybridized carbons (Fsp3) is 0.500. The molecule has 2 heterocycles. The molecule has 2 aliphatic rings. The van der Waals surface area contributed by atoms with Crippen molar-refractivity contribution in [2.75, 3.05) is 19.6 Å². The van der Waals surface area contributed by atoms with Crippen LogP contribution in [-0.2, 0) is 11.3 Å². The van der Waals surface area contributed by atoms with Crippen molar-refractivity contribution in [3.63, 3.8) is 0 Å². The normalized spacial score (nSPS) is 17.9. The molecule has 6 heteroatoms. The van der Waals surface area contributed by atoms with Gasteiger partial charge in [-0.15, -0.1) is 12.4 Å². The Morgan fingerprint density at radius 3 is 2.54 bits per heavy atom. The smallest absolute Gasteiger partial charge is 0.242 e. The molecular weight excluding hydrogens is 350 g/mol. The molecule has 0 radical (unpaired) electrons. The second kappa shape index (κ2) is 8.23. The number of carbonyl (C=O) groups excluding carboxylic acids is 1. The molecule has 1 amide bonds. The number of halogens is 1. The molecule has 1 aromatic carbocycles. The number of carbonyl (C=O) groups is 1. The lowest BCUT2D eigenvalue weighted by molar-refractivity contribution is -0.132. The van der Waals surface area contributed by atoms with Gasteiger partial charge in [-0.3, -0.25) is 9.59 Å². The number of aromatic nitrogens is 1. The Morgan fingerprint density at radius 2 is 1.81 bits per heavy atom. The molecule has 1 aromatic heterocycles. The zero-order valence-electron chi connectivity index (χ0n) is 14.9. The molecule has 1 saturated heterocycles. The van der Waals surface area contributed by atoms with E-state index < -0.39 is 0 Å². The van der Waals surface area contributed by atoms with E-state index >= 15 is 0 Å². The Kier molecular flexibility index (Phi) is 5.99. The van der Waals surface area contributed by atoms with Crippen LogP contribution in [0, 0.1) is 5.92 Å². The Bertz CT molecular complexity index is 823. The number of para-hydroxylation sites is 1. The molecule has 1 aliphatic carbocycles. The van der Waals surface area contributed by atoms with E-state index in [4.69, 9.17) is 0 Å². The first-order chi connectivity index (χ1) is 12.2. The SMILES string of the molecule is Cl.O=C(Cn1ccc(=O)c2ccccc21)N1CCC(NCC2CC2)CC1. The zero-order valence-corrected chi connectivity index (χ0v) is 15.7. The molecule has 0 spiro atoms. The average molecular weight is 376 g/mol. The lowest BCUT2D eigenvalue weighted by atomic mass is 10.0. The van der Waals surface area contributed by atoms with Crippen LogP contribution >= 0.6 is 12.4 Å². The van der Waals surface area contributed by atoms with Crippen molar-refractivity contribution < 1.29 is 4.79 Å². The molecule has 2 fully saturated rings. The highest BCUT2D eigenvalue weighted by Crippen LogP contribution is 2.28. The van der Waals surface area contributed by atoms with Crippen molar-refractivity contribution in [3.05, 3.63) is 46.8 Å². The van der Waals surface area contributed by atoms with E-state index in [9.17, 15) is 9.59 Å². The van der Waals surface area contributed by atoms with Crippen LogP contribution in [0.25, 0.3) is 10.9 Å². The topological polar surface area (TPSA) is 54.3 Å². The van der Waals surface area contributed by atoms with E-state index in [1.807, 2.05) is 33.7 Å². The molecule has 0 bridgehead atoms.